The lowest BCUT2D eigenvalue weighted by molar-refractivity contribution is -0.116. The van der Waals surface area contributed by atoms with Gasteiger partial charge >= 0.3 is 0 Å². The summed E-state index contributed by atoms with van der Waals surface area (Å²) in [6.07, 6.45) is 8.23. The van der Waals surface area contributed by atoms with Crippen molar-refractivity contribution in [3.8, 4) is 0 Å². The van der Waals surface area contributed by atoms with E-state index in [2.05, 4.69) is 25.1 Å². The third-order valence-electron chi connectivity index (χ3n) is 3.11. The second-order valence-electron chi connectivity index (χ2n) is 4.81. The van der Waals surface area contributed by atoms with Crippen LogP contribution in [0.2, 0.25) is 0 Å². The van der Waals surface area contributed by atoms with Crippen LogP contribution in [0.15, 0.2) is 24.3 Å². The van der Waals surface area contributed by atoms with Gasteiger partial charge in [0.1, 0.15) is 5.78 Å². The van der Waals surface area contributed by atoms with E-state index in [9.17, 15) is 4.79 Å². The first-order valence-corrected chi connectivity index (χ1v) is 6.80. The molecule has 0 bridgehead atoms. The normalized spacial score (nSPS) is 10.5. The van der Waals surface area contributed by atoms with E-state index in [1.807, 2.05) is 6.07 Å². The van der Waals surface area contributed by atoms with Gasteiger partial charge in [0, 0.05) is 6.42 Å². The van der Waals surface area contributed by atoms with Crippen LogP contribution in [-0.2, 0) is 17.6 Å². The average Bonchev–Trinajstić information content (AvgIpc) is 2.30. The summed E-state index contributed by atoms with van der Waals surface area (Å²) < 4.78 is 0. The smallest absolute Gasteiger partial charge is 0.134 e. The molecule has 0 atom stereocenters. The number of unbranched alkanes of at least 4 members (excludes halogenated alkanes) is 4. The van der Waals surface area contributed by atoms with Crippen molar-refractivity contribution in [1.29, 1.82) is 0 Å². The Kier molecular flexibility index (Phi) is 6.61. The van der Waals surface area contributed by atoms with Gasteiger partial charge in [-0.3, -0.25) is 4.79 Å². The van der Waals surface area contributed by atoms with Crippen LogP contribution >= 0.6 is 0 Å². The number of hydrogen-bond acceptors (Lipinski definition) is 1. The summed E-state index contributed by atoms with van der Waals surface area (Å²) in [7, 11) is 0. The molecule has 1 aromatic rings. The molecule has 0 N–H and O–H groups in total. The van der Waals surface area contributed by atoms with Crippen LogP contribution in [0.4, 0.5) is 0 Å². The topological polar surface area (TPSA) is 17.1 Å². The molecule has 0 spiro atoms. The Bertz CT molecular complexity index is 341. The number of ketones is 1. The van der Waals surface area contributed by atoms with Gasteiger partial charge in [0.05, 0.1) is 0 Å². The van der Waals surface area contributed by atoms with Gasteiger partial charge in [-0.15, -0.1) is 0 Å². The van der Waals surface area contributed by atoms with E-state index in [1.54, 1.807) is 6.92 Å². The molecule has 0 unspecified atom stereocenters. The number of carbonyl (C=O) groups is 1. The van der Waals surface area contributed by atoms with E-state index in [4.69, 9.17) is 0 Å². The minimum atomic E-state index is 0.253. The van der Waals surface area contributed by atoms with Crippen LogP contribution in [0.5, 0.6) is 0 Å². The second-order valence-corrected chi connectivity index (χ2v) is 4.81. The van der Waals surface area contributed by atoms with Crippen LogP contribution < -0.4 is 0 Å². The Balaban J connectivity index is 2.43. The third kappa shape index (κ3) is 5.67. The number of aryl methyl sites for hydroxylation is 1. The fourth-order valence-electron chi connectivity index (χ4n) is 2.16. The molecule has 0 aliphatic heterocycles. The van der Waals surface area contributed by atoms with E-state index >= 15 is 0 Å². The van der Waals surface area contributed by atoms with Crippen LogP contribution in [-0.4, -0.2) is 5.78 Å². The number of benzene rings is 1. The van der Waals surface area contributed by atoms with Crippen molar-refractivity contribution in [2.45, 2.75) is 58.8 Å². The minimum Gasteiger partial charge on any atom is -0.300 e. The molecular weight excluding hydrogens is 208 g/mol. The van der Waals surface area contributed by atoms with Crippen molar-refractivity contribution < 1.29 is 4.79 Å². The Morgan fingerprint density at radius 2 is 1.65 bits per heavy atom. The molecule has 1 aromatic carbocycles. The van der Waals surface area contributed by atoms with Gasteiger partial charge in [-0.25, -0.2) is 0 Å². The summed E-state index contributed by atoms with van der Waals surface area (Å²) in [5, 5.41) is 0. The maximum Gasteiger partial charge on any atom is 0.134 e. The first-order valence-electron chi connectivity index (χ1n) is 6.80. The summed E-state index contributed by atoms with van der Waals surface area (Å²) >= 11 is 0. The maximum atomic E-state index is 11.2. The molecule has 0 fully saturated rings. The summed E-state index contributed by atoms with van der Waals surface area (Å²) in [6, 6.07) is 8.35. The molecule has 0 aliphatic carbocycles. The SMILES string of the molecule is CCCCCCCc1ccccc1CC(C)=O. The van der Waals surface area contributed by atoms with E-state index in [-0.39, 0.29) is 5.78 Å². The molecule has 0 amide bonds. The van der Waals surface area contributed by atoms with Crippen molar-refractivity contribution in [3.05, 3.63) is 35.4 Å². The number of hydrogen-bond donors (Lipinski definition) is 0. The van der Waals surface area contributed by atoms with Crippen molar-refractivity contribution in [1.82, 2.24) is 0 Å². The van der Waals surface area contributed by atoms with E-state index in [0.717, 1.165) is 6.42 Å². The van der Waals surface area contributed by atoms with Crippen LogP contribution in [0.1, 0.15) is 57.1 Å². The van der Waals surface area contributed by atoms with Crippen LogP contribution in [0.3, 0.4) is 0 Å². The zero-order valence-corrected chi connectivity index (χ0v) is 11.2. The molecule has 0 aliphatic rings. The Hall–Kier alpha value is -1.11. The van der Waals surface area contributed by atoms with Gasteiger partial charge in [0.15, 0.2) is 0 Å². The molecule has 0 radical (unpaired) electrons. The highest BCUT2D eigenvalue weighted by molar-refractivity contribution is 5.78. The van der Waals surface area contributed by atoms with Gasteiger partial charge in [-0.1, -0.05) is 56.9 Å². The van der Waals surface area contributed by atoms with E-state index < -0.39 is 0 Å². The quantitative estimate of drug-likeness (QED) is 0.610. The fraction of sp³-hybridized carbons (Fsp3) is 0.562. The third-order valence-corrected chi connectivity index (χ3v) is 3.11. The molecule has 1 rings (SSSR count). The molecule has 0 saturated carbocycles. The lowest BCUT2D eigenvalue weighted by atomic mass is 9.98. The number of carbonyl (C=O) groups excluding carboxylic acids is 1. The first kappa shape index (κ1) is 14.0. The zero-order chi connectivity index (χ0) is 12.5. The van der Waals surface area contributed by atoms with E-state index in [1.165, 1.54) is 43.2 Å². The molecule has 17 heavy (non-hydrogen) atoms. The Morgan fingerprint density at radius 1 is 1.00 bits per heavy atom. The molecule has 0 aromatic heterocycles. The number of rotatable bonds is 8. The standard InChI is InChI=1S/C16H24O/c1-3-4-5-6-7-10-15-11-8-9-12-16(15)13-14(2)17/h8-9,11-12H,3-7,10,13H2,1-2H3. The lowest BCUT2D eigenvalue weighted by Crippen LogP contribution is -2.01. The summed E-state index contributed by atoms with van der Waals surface area (Å²) in [5.74, 6) is 0.253. The molecule has 1 nitrogen and oxygen atoms in total. The monoisotopic (exact) mass is 232 g/mol. The molecule has 0 saturated heterocycles. The second kappa shape index (κ2) is 8.05. The highest BCUT2D eigenvalue weighted by atomic mass is 16.1. The Morgan fingerprint density at radius 3 is 2.29 bits per heavy atom. The Labute approximate surface area is 105 Å². The van der Waals surface area contributed by atoms with Crippen LogP contribution in [0.25, 0.3) is 0 Å². The minimum absolute atomic E-state index is 0.253. The van der Waals surface area contributed by atoms with Gasteiger partial charge in [0.25, 0.3) is 0 Å². The van der Waals surface area contributed by atoms with Gasteiger partial charge in [0.2, 0.25) is 0 Å². The fourth-order valence-corrected chi connectivity index (χ4v) is 2.16. The average molecular weight is 232 g/mol. The van der Waals surface area contributed by atoms with Gasteiger partial charge < -0.3 is 0 Å². The highest BCUT2D eigenvalue weighted by Crippen LogP contribution is 2.14. The van der Waals surface area contributed by atoms with Crippen LogP contribution in [0, 0.1) is 0 Å². The first-order chi connectivity index (χ1) is 8.24. The summed E-state index contributed by atoms with van der Waals surface area (Å²) in [4.78, 5) is 11.2. The number of Topliss-reactive ketones (excluding diaryl/α,β-unsaturated/α-hetero) is 1. The largest absolute Gasteiger partial charge is 0.300 e. The predicted octanol–water partition coefficient (Wildman–Crippen LogP) is 4.33. The van der Waals surface area contributed by atoms with Gasteiger partial charge in [-0.2, -0.15) is 0 Å². The summed E-state index contributed by atoms with van der Waals surface area (Å²) in [6.45, 7) is 3.90. The molecule has 0 heterocycles. The maximum absolute atomic E-state index is 11.2. The van der Waals surface area contributed by atoms with Crippen molar-refractivity contribution in [2.24, 2.45) is 0 Å². The molecule has 94 valence electrons. The predicted molar refractivity (Wildman–Crippen MR) is 73.3 cm³/mol. The highest BCUT2D eigenvalue weighted by Gasteiger charge is 2.03. The van der Waals surface area contributed by atoms with Crippen molar-refractivity contribution >= 4 is 5.78 Å². The van der Waals surface area contributed by atoms with Crippen molar-refractivity contribution in [3.63, 3.8) is 0 Å². The molecular formula is C16H24O. The van der Waals surface area contributed by atoms with Gasteiger partial charge in [-0.05, 0) is 30.9 Å². The van der Waals surface area contributed by atoms with Crippen molar-refractivity contribution in [2.75, 3.05) is 0 Å². The lowest BCUT2D eigenvalue weighted by Gasteiger charge is -2.07. The van der Waals surface area contributed by atoms with E-state index in [0.29, 0.717) is 6.42 Å². The zero-order valence-electron chi connectivity index (χ0n) is 11.2. The molecule has 1 heteroatoms. The summed E-state index contributed by atoms with van der Waals surface area (Å²) in [5.41, 5.74) is 2.58.